The third-order valence-corrected chi connectivity index (χ3v) is 2.79. The molecule has 0 saturated heterocycles. The van der Waals surface area contributed by atoms with Crippen LogP contribution in [0.25, 0.3) is 5.76 Å². The van der Waals surface area contributed by atoms with E-state index in [2.05, 4.69) is 18.5 Å². The van der Waals surface area contributed by atoms with Gasteiger partial charge in [-0.1, -0.05) is 26.8 Å². The van der Waals surface area contributed by atoms with E-state index >= 15 is 0 Å². The predicted molar refractivity (Wildman–Crippen MR) is 71.1 cm³/mol. The number of ether oxygens (including phenoxy) is 1. The maximum absolute atomic E-state index is 11.7. The summed E-state index contributed by atoms with van der Waals surface area (Å²) < 4.78 is 5.56. The van der Waals surface area contributed by atoms with Gasteiger partial charge in [-0.05, 0) is 25.8 Å². The summed E-state index contributed by atoms with van der Waals surface area (Å²) in [6.45, 7) is 10.5. The Morgan fingerprint density at radius 1 is 1.47 bits per heavy atom. The first-order chi connectivity index (χ1) is 8.10. The summed E-state index contributed by atoms with van der Waals surface area (Å²) in [4.78, 5) is 14.5. The van der Waals surface area contributed by atoms with Gasteiger partial charge in [0.15, 0.2) is 0 Å². The Hall–Kier alpha value is -1.51. The van der Waals surface area contributed by atoms with E-state index in [1.165, 1.54) is 0 Å². The van der Waals surface area contributed by atoms with Crippen LogP contribution in [0.1, 0.15) is 43.5 Å². The van der Waals surface area contributed by atoms with Crippen molar-refractivity contribution in [2.75, 3.05) is 6.61 Å². The van der Waals surface area contributed by atoms with Crippen LogP contribution in [0.4, 0.5) is 0 Å². The Labute approximate surface area is 103 Å². The molecule has 0 unspecified atom stereocenters. The number of rotatable bonds is 6. The maximum atomic E-state index is 11.7. The normalized spacial score (nSPS) is 10.3. The summed E-state index contributed by atoms with van der Waals surface area (Å²) in [6, 6.07) is 1.95. The molecule has 0 amide bonds. The first-order valence-corrected chi connectivity index (χ1v) is 6.15. The van der Waals surface area contributed by atoms with Crippen molar-refractivity contribution in [1.29, 1.82) is 0 Å². The minimum Gasteiger partial charge on any atom is -0.494 e. The first kappa shape index (κ1) is 13.6. The molecule has 1 aromatic rings. The number of H-pyrrole nitrogens is 1. The van der Waals surface area contributed by atoms with Crippen molar-refractivity contribution >= 4 is 5.76 Å². The molecule has 17 heavy (non-hydrogen) atoms. The lowest BCUT2D eigenvalue weighted by Crippen LogP contribution is -2.15. The monoisotopic (exact) mass is 235 g/mol. The number of nitrogens with one attached hydrogen (secondary N) is 1. The van der Waals surface area contributed by atoms with Crippen LogP contribution in [-0.4, -0.2) is 11.6 Å². The van der Waals surface area contributed by atoms with E-state index in [1.807, 2.05) is 13.0 Å². The van der Waals surface area contributed by atoms with Gasteiger partial charge < -0.3 is 9.72 Å². The minimum atomic E-state index is -0.0559. The number of pyridine rings is 1. The van der Waals surface area contributed by atoms with Crippen molar-refractivity contribution in [2.45, 2.75) is 40.0 Å². The van der Waals surface area contributed by atoms with Gasteiger partial charge in [0.25, 0.3) is 5.56 Å². The minimum absolute atomic E-state index is 0.0559. The van der Waals surface area contributed by atoms with Gasteiger partial charge in [0, 0.05) is 16.8 Å². The second-order valence-corrected chi connectivity index (χ2v) is 4.14. The topological polar surface area (TPSA) is 42.1 Å². The van der Waals surface area contributed by atoms with Gasteiger partial charge in [-0.25, -0.2) is 0 Å². The molecule has 0 aliphatic carbocycles. The summed E-state index contributed by atoms with van der Waals surface area (Å²) in [5.74, 6) is 0.594. The van der Waals surface area contributed by atoms with Crippen LogP contribution in [-0.2, 0) is 11.2 Å². The fraction of sp³-hybridized carbons (Fsp3) is 0.500. The lowest BCUT2D eigenvalue weighted by molar-refractivity contribution is 0.271. The van der Waals surface area contributed by atoms with Crippen molar-refractivity contribution in [3.05, 3.63) is 39.8 Å². The first-order valence-electron chi connectivity index (χ1n) is 6.15. The van der Waals surface area contributed by atoms with Crippen LogP contribution in [0.3, 0.4) is 0 Å². The van der Waals surface area contributed by atoms with Crippen LogP contribution < -0.4 is 5.56 Å². The predicted octanol–water partition coefficient (Wildman–Crippen LogP) is 3.03. The largest absolute Gasteiger partial charge is 0.494 e. The molecule has 0 aliphatic rings. The van der Waals surface area contributed by atoms with Crippen molar-refractivity contribution in [2.24, 2.45) is 0 Å². The molecule has 1 heterocycles. The third kappa shape index (κ3) is 3.48. The van der Waals surface area contributed by atoms with E-state index in [1.54, 1.807) is 6.92 Å². The third-order valence-electron chi connectivity index (χ3n) is 2.79. The fourth-order valence-corrected chi connectivity index (χ4v) is 1.58. The van der Waals surface area contributed by atoms with Crippen LogP contribution in [0.15, 0.2) is 17.4 Å². The number of unbranched alkanes of at least 4 members (excludes halogenated alkanes) is 1. The highest BCUT2D eigenvalue weighted by Crippen LogP contribution is 2.17. The molecule has 0 aromatic carbocycles. The molecule has 0 atom stereocenters. The zero-order valence-electron chi connectivity index (χ0n) is 10.9. The van der Waals surface area contributed by atoms with Crippen LogP contribution in [0.2, 0.25) is 0 Å². The number of aromatic nitrogens is 1. The molecule has 1 aromatic heterocycles. The Morgan fingerprint density at radius 2 is 2.18 bits per heavy atom. The molecule has 0 aliphatic heterocycles. The molecule has 3 nitrogen and oxygen atoms in total. The summed E-state index contributed by atoms with van der Waals surface area (Å²) in [6.07, 6.45) is 2.88. The molecular weight excluding hydrogens is 214 g/mol. The van der Waals surface area contributed by atoms with Gasteiger partial charge in [-0.2, -0.15) is 0 Å². The summed E-state index contributed by atoms with van der Waals surface area (Å²) in [5.41, 5.74) is 2.35. The van der Waals surface area contributed by atoms with Crippen molar-refractivity contribution < 1.29 is 4.74 Å². The second kappa shape index (κ2) is 6.28. The standard InChI is InChI=1S/C14H21NO2/c1-5-7-8-17-11(4)13-9-12(6-2)15-14(16)10(13)3/h9H,4-8H2,1-3H3,(H,15,16). The Kier molecular flexibility index (Phi) is 5.01. The van der Waals surface area contributed by atoms with Gasteiger partial charge in [0.05, 0.1) is 6.61 Å². The molecule has 0 radical (unpaired) electrons. The van der Waals surface area contributed by atoms with Gasteiger partial charge in [0.1, 0.15) is 5.76 Å². The van der Waals surface area contributed by atoms with Crippen molar-refractivity contribution in [3.63, 3.8) is 0 Å². The zero-order chi connectivity index (χ0) is 12.8. The van der Waals surface area contributed by atoms with Crippen molar-refractivity contribution in [1.82, 2.24) is 4.98 Å². The molecule has 3 heteroatoms. The average Bonchev–Trinajstić information content (AvgIpc) is 2.32. The van der Waals surface area contributed by atoms with Crippen LogP contribution in [0.5, 0.6) is 0 Å². The SMILES string of the molecule is C=C(OCCCC)c1cc(CC)[nH]c(=O)c1C. The quantitative estimate of drug-likeness (QED) is 0.608. The highest BCUT2D eigenvalue weighted by atomic mass is 16.5. The highest BCUT2D eigenvalue weighted by Gasteiger charge is 2.09. The molecule has 0 bridgehead atoms. The number of hydrogen-bond acceptors (Lipinski definition) is 2. The molecule has 0 saturated carbocycles. The van der Waals surface area contributed by atoms with E-state index < -0.39 is 0 Å². The van der Waals surface area contributed by atoms with Gasteiger partial charge in [0.2, 0.25) is 0 Å². The van der Waals surface area contributed by atoms with E-state index in [4.69, 9.17) is 4.74 Å². The van der Waals surface area contributed by atoms with Crippen LogP contribution in [0, 0.1) is 6.92 Å². The highest BCUT2D eigenvalue weighted by molar-refractivity contribution is 5.60. The summed E-state index contributed by atoms with van der Waals surface area (Å²) in [5, 5.41) is 0. The Balaban J connectivity index is 2.92. The van der Waals surface area contributed by atoms with Crippen LogP contribution >= 0.6 is 0 Å². The van der Waals surface area contributed by atoms with Gasteiger partial charge in [-0.3, -0.25) is 4.79 Å². The lowest BCUT2D eigenvalue weighted by atomic mass is 10.1. The average molecular weight is 235 g/mol. The van der Waals surface area contributed by atoms with Crippen molar-refractivity contribution in [3.8, 4) is 0 Å². The number of aromatic amines is 1. The fourth-order valence-electron chi connectivity index (χ4n) is 1.58. The smallest absolute Gasteiger partial charge is 0.251 e. The van der Waals surface area contributed by atoms with E-state index in [0.717, 1.165) is 30.5 Å². The molecule has 94 valence electrons. The Bertz CT molecular complexity index is 446. The lowest BCUT2D eigenvalue weighted by Gasteiger charge is -2.12. The zero-order valence-corrected chi connectivity index (χ0v) is 10.9. The molecule has 1 N–H and O–H groups in total. The number of aryl methyl sites for hydroxylation is 1. The van der Waals surface area contributed by atoms with E-state index in [9.17, 15) is 4.79 Å². The second-order valence-electron chi connectivity index (χ2n) is 4.14. The molecule has 0 fully saturated rings. The maximum Gasteiger partial charge on any atom is 0.251 e. The Morgan fingerprint density at radius 3 is 2.76 bits per heavy atom. The number of hydrogen-bond donors (Lipinski definition) is 1. The molecular formula is C14H21NO2. The van der Waals surface area contributed by atoms with Gasteiger partial charge in [-0.15, -0.1) is 0 Å². The molecule has 0 spiro atoms. The summed E-state index contributed by atoms with van der Waals surface area (Å²) >= 11 is 0. The molecule has 1 rings (SSSR count). The summed E-state index contributed by atoms with van der Waals surface area (Å²) in [7, 11) is 0. The van der Waals surface area contributed by atoms with E-state index in [0.29, 0.717) is 17.9 Å². The van der Waals surface area contributed by atoms with E-state index in [-0.39, 0.29) is 5.56 Å². The van der Waals surface area contributed by atoms with Gasteiger partial charge >= 0.3 is 0 Å².